The van der Waals surface area contributed by atoms with Crippen LogP contribution in [0.15, 0.2) is 0 Å². The standard InChI is InChI=1S/C12H22N2O4/c1-9(16)4-3-7-14-12(18)6-5-10(13-2)11(17)8-15/h10,13,15H,3-8H2,1-2H3,(H,14,18)/t10-/m0/s1. The third-order valence-corrected chi connectivity index (χ3v) is 2.58. The number of likely N-dealkylation sites (N-methyl/N-ethyl adjacent to an activating group) is 1. The van der Waals surface area contributed by atoms with Crippen LogP contribution in [0.1, 0.15) is 32.6 Å². The van der Waals surface area contributed by atoms with Gasteiger partial charge in [-0.1, -0.05) is 0 Å². The lowest BCUT2D eigenvalue weighted by Crippen LogP contribution is -2.37. The van der Waals surface area contributed by atoms with Gasteiger partial charge in [0, 0.05) is 19.4 Å². The summed E-state index contributed by atoms with van der Waals surface area (Å²) < 4.78 is 0. The van der Waals surface area contributed by atoms with E-state index in [9.17, 15) is 14.4 Å². The lowest BCUT2D eigenvalue weighted by Gasteiger charge is -2.13. The van der Waals surface area contributed by atoms with E-state index in [1.165, 1.54) is 6.92 Å². The van der Waals surface area contributed by atoms with Gasteiger partial charge in [0.25, 0.3) is 0 Å². The summed E-state index contributed by atoms with van der Waals surface area (Å²) >= 11 is 0. The number of Topliss-reactive ketones (excluding diaryl/α,β-unsaturated/α-hetero) is 2. The smallest absolute Gasteiger partial charge is 0.220 e. The predicted molar refractivity (Wildman–Crippen MR) is 67.1 cm³/mol. The SMILES string of the molecule is CN[C@@H](CCC(=O)NCCCC(C)=O)C(=O)CO. The highest BCUT2D eigenvalue weighted by molar-refractivity contribution is 5.85. The quantitative estimate of drug-likeness (QED) is 0.455. The summed E-state index contributed by atoms with van der Waals surface area (Å²) in [5.41, 5.74) is 0. The molecule has 0 fully saturated rings. The fourth-order valence-electron chi connectivity index (χ4n) is 1.51. The average molecular weight is 258 g/mol. The molecule has 0 rings (SSSR count). The molecule has 0 saturated carbocycles. The van der Waals surface area contributed by atoms with Crippen molar-refractivity contribution in [1.29, 1.82) is 0 Å². The van der Waals surface area contributed by atoms with Gasteiger partial charge in [-0.2, -0.15) is 0 Å². The second-order valence-electron chi connectivity index (χ2n) is 4.16. The molecule has 0 aromatic rings. The Labute approximate surface area is 107 Å². The van der Waals surface area contributed by atoms with Gasteiger partial charge in [-0.15, -0.1) is 0 Å². The molecular formula is C12H22N2O4. The lowest BCUT2D eigenvalue weighted by atomic mass is 10.1. The second-order valence-corrected chi connectivity index (χ2v) is 4.16. The number of hydrogen-bond donors (Lipinski definition) is 3. The fraction of sp³-hybridized carbons (Fsp3) is 0.750. The van der Waals surface area contributed by atoms with Gasteiger partial charge in [0.1, 0.15) is 12.4 Å². The van der Waals surface area contributed by atoms with E-state index in [1.807, 2.05) is 0 Å². The number of amides is 1. The van der Waals surface area contributed by atoms with Crippen molar-refractivity contribution in [1.82, 2.24) is 10.6 Å². The minimum Gasteiger partial charge on any atom is -0.389 e. The summed E-state index contributed by atoms with van der Waals surface area (Å²) in [6, 6.07) is -0.488. The Morgan fingerprint density at radius 3 is 2.39 bits per heavy atom. The van der Waals surface area contributed by atoms with Crippen molar-refractivity contribution >= 4 is 17.5 Å². The van der Waals surface area contributed by atoms with Gasteiger partial charge < -0.3 is 20.5 Å². The Kier molecular flexibility index (Phi) is 9.04. The van der Waals surface area contributed by atoms with E-state index in [-0.39, 0.29) is 23.9 Å². The van der Waals surface area contributed by atoms with E-state index < -0.39 is 12.6 Å². The van der Waals surface area contributed by atoms with Crippen LogP contribution in [0.2, 0.25) is 0 Å². The first kappa shape index (κ1) is 16.7. The summed E-state index contributed by atoms with van der Waals surface area (Å²) in [5, 5.41) is 14.1. The van der Waals surface area contributed by atoms with E-state index in [1.54, 1.807) is 7.05 Å². The van der Waals surface area contributed by atoms with Crippen LogP contribution in [0.4, 0.5) is 0 Å². The topological polar surface area (TPSA) is 95.5 Å². The maximum atomic E-state index is 11.4. The van der Waals surface area contributed by atoms with Gasteiger partial charge in [-0.3, -0.25) is 9.59 Å². The number of ketones is 2. The molecular weight excluding hydrogens is 236 g/mol. The molecule has 0 aliphatic carbocycles. The van der Waals surface area contributed by atoms with Crippen LogP contribution in [0, 0.1) is 0 Å². The first-order chi connectivity index (χ1) is 8.51. The van der Waals surface area contributed by atoms with Crippen LogP contribution >= 0.6 is 0 Å². The molecule has 18 heavy (non-hydrogen) atoms. The first-order valence-corrected chi connectivity index (χ1v) is 6.08. The van der Waals surface area contributed by atoms with Gasteiger partial charge in [-0.05, 0) is 26.8 Å². The number of carbonyl (C=O) groups excluding carboxylic acids is 3. The average Bonchev–Trinajstić information content (AvgIpc) is 2.34. The van der Waals surface area contributed by atoms with Gasteiger partial charge in [-0.25, -0.2) is 0 Å². The van der Waals surface area contributed by atoms with Gasteiger partial charge in [0.2, 0.25) is 5.91 Å². The van der Waals surface area contributed by atoms with Crippen molar-refractivity contribution in [2.24, 2.45) is 0 Å². The minimum atomic E-state index is -0.522. The summed E-state index contributed by atoms with van der Waals surface area (Å²) in [7, 11) is 1.61. The molecule has 0 aromatic heterocycles. The zero-order valence-corrected chi connectivity index (χ0v) is 11.0. The van der Waals surface area contributed by atoms with E-state index in [0.29, 0.717) is 25.8 Å². The van der Waals surface area contributed by atoms with E-state index in [2.05, 4.69) is 10.6 Å². The summed E-state index contributed by atoms with van der Waals surface area (Å²) in [5.74, 6) is -0.362. The largest absolute Gasteiger partial charge is 0.389 e. The highest BCUT2D eigenvalue weighted by atomic mass is 16.3. The van der Waals surface area contributed by atoms with Gasteiger partial charge >= 0.3 is 0 Å². The highest BCUT2D eigenvalue weighted by Crippen LogP contribution is 1.98. The predicted octanol–water partition coefficient (Wildman–Crippen LogP) is -0.599. The molecule has 0 heterocycles. The molecule has 0 aliphatic heterocycles. The lowest BCUT2D eigenvalue weighted by molar-refractivity contribution is -0.124. The Morgan fingerprint density at radius 2 is 1.89 bits per heavy atom. The number of hydrogen-bond acceptors (Lipinski definition) is 5. The molecule has 1 atom stereocenters. The van der Waals surface area contributed by atoms with E-state index >= 15 is 0 Å². The monoisotopic (exact) mass is 258 g/mol. The number of carbonyl (C=O) groups is 3. The van der Waals surface area contributed by atoms with Crippen molar-refractivity contribution in [2.75, 3.05) is 20.2 Å². The maximum Gasteiger partial charge on any atom is 0.220 e. The summed E-state index contributed by atoms with van der Waals surface area (Å²) in [4.78, 5) is 33.3. The summed E-state index contributed by atoms with van der Waals surface area (Å²) in [6.45, 7) is 1.46. The van der Waals surface area contributed by atoms with Crippen molar-refractivity contribution in [2.45, 2.75) is 38.6 Å². The first-order valence-electron chi connectivity index (χ1n) is 6.08. The third kappa shape index (κ3) is 7.92. The summed E-state index contributed by atoms with van der Waals surface area (Å²) in [6.07, 6.45) is 1.67. The number of rotatable bonds is 10. The minimum absolute atomic E-state index is 0.105. The molecule has 0 unspecified atom stereocenters. The normalized spacial score (nSPS) is 11.9. The molecule has 6 heteroatoms. The van der Waals surface area contributed by atoms with Crippen molar-refractivity contribution in [3.05, 3.63) is 0 Å². The zero-order chi connectivity index (χ0) is 14.0. The fourth-order valence-corrected chi connectivity index (χ4v) is 1.51. The number of nitrogens with one attached hydrogen (secondary N) is 2. The van der Waals surface area contributed by atoms with Crippen LogP contribution in [0.25, 0.3) is 0 Å². The molecule has 6 nitrogen and oxygen atoms in total. The molecule has 0 bridgehead atoms. The van der Waals surface area contributed by atoms with Crippen LogP contribution in [0.3, 0.4) is 0 Å². The van der Waals surface area contributed by atoms with E-state index in [4.69, 9.17) is 5.11 Å². The van der Waals surface area contributed by atoms with Crippen LogP contribution < -0.4 is 10.6 Å². The highest BCUT2D eigenvalue weighted by Gasteiger charge is 2.16. The maximum absolute atomic E-state index is 11.4. The zero-order valence-electron chi connectivity index (χ0n) is 11.0. The Bertz CT molecular complexity index is 292. The molecule has 0 saturated heterocycles. The molecule has 3 N–H and O–H groups in total. The Hall–Kier alpha value is -1.27. The molecule has 104 valence electrons. The number of aliphatic hydroxyl groups excluding tert-OH is 1. The second kappa shape index (κ2) is 9.73. The molecule has 0 spiro atoms. The molecule has 1 amide bonds. The molecule has 0 aliphatic rings. The van der Waals surface area contributed by atoms with Crippen molar-refractivity contribution in [3.8, 4) is 0 Å². The Morgan fingerprint density at radius 1 is 1.22 bits per heavy atom. The molecule has 0 aromatic carbocycles. The van der Waals surface area contributed by atoms with Crippen LogP contribution in [-0.4, -0.2) is 48.8 Å². The van der Waals surface area contributed by atoms with Crippen LogP contribution in [-0.2, 0) is 14.4 Å². The van der Waals surface area contributed by atoms with E-state index in [0.717, 1.165) is 0 Å². The number of aliphatic hydroxyl groups is 1. The van der Waals surface area contributed by atoms with Gasteiger partial charge in [0.05, 0.1) is 6.04 Å². The molecule has 0 radical (unpaired) electrons. The van der Waals surface area contributed by atoms with Crippen molar-refractivity contribution in [3.63, 3.8) is 0 Å². The third-order valence-electron chi connectivity index (χ3n) is 2.58. The Balaban J connectivity index is 3.74. The van der Waals surface area contributed by atoms with Crippen molar-refractivity contribution < 1.29 is 19.5 Å². The van der Waals surface area contributed by atoms with Gasteiger partial charge in [0.15, 0.2) is 5.78 Å². The van der Waals surface area contributed by atoms with Crippen LogP contribution in [0.5, 0.6) is 0 Å².